The van der Waals surface area contributed by atoms with Gasteiger partial charge in [-0.3, -0.25) is 4.79 Å². The molecule has 0 aliphatic carbocycles. The first-order valence-electron chi connectivity index (χ1n) is 8.52. The van der Waals surface area contributed by atoms with Crippen LogP contribution in [0.4, 0.5) is 0 Å². The zero-order valence-corrected chi connectivity index (χ0v) is 16.9. The van der Waals surface area contributed by atoms with Gasteiger partial charge in [0.2, 0.25) is 0 Å². The van der Waals surface area contributed by atoms with Crippen LogP contribution in [0, 0.1) is 12.8 Å². The third kappa shape index (κ3) is 6.80. The highest BCUT2D eigenvalue weighted by molar-refractivity contribution is 8.00. The van der Waals surface area contributed by atoms with Crippen molar-refractivity contribution in [3.05, 3.63) is 46.5 Å². The average molecular weight is 393 g/mol. The first-order valence-corrected chi connectivity index (χ1v) is 10.4. The maximum atomic E-state index is 12.3. The zero-order valence-electron chi connectivity index (χ0n) is 15.3. The Labute approximate surface area is 162 Å². The van der Waals surface area contributed by atoms with Gasteiger partial charge in [-0.2, -0.15) is 0 Å². The largest absolute Gasteiger partial charge is 0.452 e. The Bertz CT molecular complexity index is 744. The van der Waals surface area contributed by atoms with Crippen LogP contribution in [-0.2, 0) is 15.3 Å². The first kappa shape index (κ1) is 20.5. The van der Waals surface area contributed by atoms with Crippen LogP contribution in [-0.4, -0.2) is 30.0 Å². The summed E-state index contributed by atoms with van der Waals surface area (Å²) in [4.78, 5) is 28.5. The van der Waals surface area contributed by atoms with Crippen molar-refractivity contribution in [3.8, 4) is 0 Å². The summed E-state index contributed by atoms with van der Waals surface area (Å²) in [5, 5.41) is 4.76. The fraction of sp³-hybridized carbons (Fsp3) is 0.421. The van der Waals surface area contributed by atoms with Gasteiger partial charge in [-0.1, -0.05) is 43.8 Å². The maximum absolute atomic E-state index is 12.3. The summed E-state index contributed by atoms with van der Waals surface area (Å²) in [6, 6.07) is 7.30. The molecule has 7 heteroatoms. The smallest absolute Gasteiger partial charge is 0.338 e. The molecule has 5 nitrogen and oxygen atoms in total. The Morgan fingerprint density at radius 2 is 2.08 bits per heavy atom. The second kappa shape index (κ2) is 10.3. The second-order valence-corrected chi connectivity index (χ2v) is 8.39. The van der Waals surface area contributed by atoms with Gasteiger partial charge in [0, 0.05) is 23.4 Å². The van der Waals surface area contributed by atoms with E-state index in [-0.39, 0.29) is 12.5 Å². The highest BCUT2D eigenvalue weighted by atomic mass is 32.2. The molecule has 1 heterocycles. The van der Waals surface area contributed by atoms with Gasteiger partial charge in [-0.05, 0) is 30.9 Å². The normalized spacial score (nSPS) is 10.8. The number of nitrogens with one attached hydrogen (secondary N) is 1. The molecule has 0 aliphatic heterocycles. The highest BCUT2D eigenvalue weighted by Gasteiger charge is 2.15. The number of carbonyl (C=O) groups excluding carboxylic acids is 2. The molecular formula is C19H24N2O3S2. The Morgan fingerprint density at radius 3 is 2.77 bits per heavy atom. The number of hydrogen-bond acceptors (Lipinski definition) is 6. The fourth-order valence-electron chi connectivity index (χ4n) is 2.14. The lowest BCUT2D eigenvalue weighted by atomic mass is 10.1. The number of aromatic nitrogens is 1. The maximum Gasteiger partial charge on any atom is 0.338 e. The summed E-state index contributed by atoms with van der Waals surface area (Å²) in [5.41, 5.74) is 2.35. The van der Waals surface area contributed by atoms with Crippen molar-refractivity contribution in [1.82, 2.24) is 10.3 Å². The number of ether oxygens (including phenoxy) is 1. The Kier molecular flexibility index (Phi) is 8.12. The van der Waals surface area contributed by atoms with Crippen molar-refractivity contribution in [2.24, 2.45) is 5.92 Å². The molecule has 1 amide bonds. The molecule has 2 rings (SSSR count). The molecule has 1 N–H and O–H groups in total. The topological polar surface area (TPSA) is 68.3 Å². The molecule has 140 valence electrons. The minimum Gasteiger partial charge on any atom is -0.452 e. The molecule has 0 fully saturated rings. The number of thioether (sulfide) groups is 1. The first-order chi connectivity index (χ1) is 12.5. The average Bonchev–Trinajstić information content (AvgIpc) is 3.03. The van der Waals surface area contributed by atoms with Crippen molar-refractivity contribution >= 4 is 35.0 Å². The van der Waals surface area contributed by atoms with Crippen LogP contribution in [0.15, 0.2) is 34.0 Å². The van der Waals surface area contributed by atoms with E-state index in [1.807, 2.05) is 24.4 Å². The molecule has 1 aromatic carbocycles. The molecule has 0 atom stereocenters. The van der Waals surface area contributed by atoms with Gasteiger partial charge in [0.05, 0.1) is 5.56 Å². The second-order valence-electron chi connectivity index (χ2n) is 6.31. The third-order valence-electron chi connectivity index (χ3n) is 3.56. The van der Waals surface area contributed by atoms with Crippen LogP contribution >= 0.6 is 23.1 Å². The van der Waals surface area contributed by atoms with Crippen LogP contribution in [0.3, 0.4) is 0 Å². The van der Waals surface area contributed by atoms with E-state index < -0.39 is 5.97 Å². The number of thiazole rings is 1. The molecule has 0 aliphatic rings. The minimum atomic E-state index is -0.476. The van der Waals surface area contributed by atoms with E-state index in [0.717, 1.165) is 22.0 Å². The van der Waals surface area contributed by atoms with Crippen LogP contribution in [0.25, 0.3) is 0 Å². The van der Waals surface area contributed by atoms with Gasteiger partial charge in [0.15, 0.2) is 6.61 Å². The summed E-state index contributed by atoms with van der Waals surface area (Å²) in [6.45, 7) is 6.47. The summed E-state index contributed by atoms with van der Waals surface area (Å²) in [6.07, 6.45) is 0.899. The number of aryl methyl sites for hydroxylation is 1. The van der Waals surface area contributed by atoms with Gasteiger partial charge < -0.3 is 10.1 Å². The monoisotopic (exact) mass is 392 g/mol. The van der Waals surface area contributed by atoms with Crippen LogP contribution in [0.1, 0.15) is 41.9 Å². The van der Waals surface area contributed by atoms with Crippen LogP contribution < -0.4 is 5.32 Å². The van der Waals surface area contributed by atoms with Gasteiger partial charge in [0.1, 0.15) is 4.34 Å². The van der Waals surface area contributed by atoms with Crippen molar-refractivity contribution in [2.75, 3.05) is 13.2 Å². The zero-order chi connectivity index (χ0) is 18.9. The highest BCUT2D eigenvalue weighted by Crippen LogP contribution is 2.27. The molecule has 0 radical (unpaired) electrons. The summed E-state index contributed by atoms with van der Waals surface area (Å²) < 4.78 is 6.14. The molecule has 2 aromatic rings. The number of nitrogens with zero attached hydrogens (tertiary/aromatic N) is 1. The van der Waals surface area contributed by atoms with E-state index in [2.05, 4.69) is 24.1 Å². The van der Waals surface area contributed by atoms with E-state index in [0.29, 0.717) is 23.8 Å². The predicted octanol–water partition coefficient (Wildman–Crippen LogP) is 4.06. The third-order valence-corrected chi connectivity index (χ3v) is 5.75. The molecule has 0 saturated carbocycles. The van der Waals surface area contributed by atoms with Crippen molar-refractivity contribution in [3.63, 3.8) is 0 Å². The van der Waals surface area contributed by atoms with Gasteiger partial charge in [0.25, 0.3) is 5.91 Å². The van der Waals surface area contributed by atoms with E-state index in [1.54, 1.807) is 35.2 Å². The Morgan fingerprint density at radius 1 is 1.31 bits per heavy atom. The molecule has 0 spiro atoms. The molecule has 1 aromatic heterocycles. The van der Waals surface area contributed by atoms with E-state index in [1.165, 1.54) is 0 Å². The summed E-state index contributed by atoms with van der Waals surface area (Å²) in [5.74, 6) is 0.391. The SMILES string of the molecule is Cc1csc(SCc2ccccc2C(=O)OCC(=O)NCCC(C)C)n1. The number of benzene rings is 1. The van der Waals surface area contributed by atoms with Crippen molar-refractivity contribution < 1.29 is 14.3 Å². The van der Waals surface area contributed by atoms with E-state index in [9.17, 15) is 9.59 Å². The number of carbonyl (C=O) groups is 2. The molecule has 0 unspecified atom stereocenters. The molecule has 0 saturated heterocycles. The standard InChI is InChI=1S/C19H24N2O3S2/c1-13(2)8-9-20-17(22)10-24-18(23)16-7-5-4-6-15(16)12-26-19-21-14(3)11-25-19/h4-7,11,13H,8-10,12H2,1-3H3,(H,20,22). The number of esters is 1. The van der Waals surface area contributed by atoms with Crippen LogP contribution in [0.5, 0.6) is 0 Å². The fourth-order valence-corrected chi connectivity index (χ4v) is 4.00. The van der Waals surface area contributed by atoms with Gasteiger partial charge >= 0.3 is 5.97 Å². The lowest BCUT2D eigenvalue weighted by Crippen LogP contribution is -2.30. The quantitative estimate of drug-likeness (QED) is 0.515. The van der Waals surface area contributed by atoms with Crippen molar-refractivity contribution in [1.29, 1.82) is 0 Å². The van der Waals surface area contributed by atoms with Crippen molar-refractivity contribution in [2.45, 2.75) is 37.3 Å². The molecule has 0 bridgehead atoms. The van der Waals surface area contributed by atoms with Gasteiger partial charge in [-0.25, -0.2) is 9.78 Å². The Hall–Kier alpha value is -1.86. The lowest BCUT2D eigenvalue weighted by Gasteiger charge is -2.10. The Balaban J connectivity index is 1.87. The van der Waals surface area contributed by atoms with Crippen LogP contribution in [0.2, 0.25) is 0 Å². The molecular weight excluding hydrogens is 368 g/mol. The summed E-state index contributed by atoms with van der Waals surface area (Å²) >= 11 is 3.17. The number of amides is 1. The van der Waals surface area contributed by atoms with Gasteiger partial charge in [-0.15, -0.1) is 11.3 Å². The summed E-state index contributed by atoms with van der Waals surface area (Å²) in [7, 11) is 0. The lowest BCUT2D eigenvalue weighted by molar-refractivity contribution is -0.124. The van der Waals surface area contributed by atoms with E-state index >= 15 is 0 Å². The number of rotatable bonds is 9. The minimum absolute atomic E-state index is 0.260. The predicted molar refractivity (Wildman–Crippen MR) is 106 cm³/mol. The molecule has 26 heavy (non-hydrogen) atoms. The number of hydrogen-bond donors (Lipinski definition) is 1. The van der Waals surface area contributed by atoms with E-state index in [4.69, 9.17) is 4.74 Å².